The van der Waals surface area contributed by atoms with Crippen LogP contribution in [-0.2, 0) is 4.74 Å². The highest BCUT2D eigenvalue weighted by Gasteiger charge is 2.05. The first-order chi connectivity index (χ1) is 5.92. The Bertz CT molecular complexity index is 152. The number of carbonyl (C=O) groups is 1. The molecule has 0 saturated carbocycles. The van der Waals surface area contributed by atoms with Gasteiger partial charge < -0.3 is 15.0 Å². The Hall–Kier alpha value is -0.770. The van der Waals surface area contributed by atoms with Gasteiger partial charge in [0.05, 0.1) is 34.3 Å². The third kappa shape index (κ3) is 11.2. The van der Waals surface area contributed by atoms with Crippen LogP contribution in [-0.4, -0.2) is 44.9 Å². The van der Waals surface area contributed by atoms with Gasteiger partial charge in [0.1, 0.15) is 0 Å². The molecular weight excluding hydrogens is 168 g/mol. The van der Waals surface area contributed by atoms with Crippen LogP contribution in [0, 0.1) is 0 Å². The van der Waals surface area contributed by atoms with E-state index in [9.17, 15) is 4.79 Å². The lowest BCUT2D eigenvalue weighted by Crippen LogP contribution is -2.35. The molecule has 0 heterocycles. The molecule has 0 fully saturated rings. The van der Waals surface area contributed by atoms with Gasteiger partial charge in [-0.2, -0.15) is 0 Å². The molecule has 4 heteroatoms. The smallest absolute Gasteiger partial charge is 0.404 e. The van der Waals surface area contributed by atoms with E-state index in [-0.39, 0.29) is 0 Å². The number of carbonyl (C=O) groups excluding carboxylic acids is 1. The molecule has 2 N–H and O–H groups in total. The lowest BCUT2D eigenvalue weighted by molar-refractivity contribution is -0.870. The molecular formula is C9H21N2O2+. The third-order valence-corrected chi connectivity index (χ3v) is 1.72. The Morgan fingerprint density at radius 1 is 1.23 bits per heavy atom. The number of hydrogen-bond donors (Lipinski definition) is 1. The molecule has 0 bridgehead atoms. The lowest BCUT2D eigenvalue weighted by Gasteiger charge is -2.23. The number of unbranched alkanes of at least 4 members (excludes halogenated alkanes) is 2. The van der Waals surface area contributed by atoms with Crippen LogP contribution in [0.25, 0.3) is 0 Å². The number of rotatable bonds is 6. The summed E-state index contributed by atoms with van der Waals surface area (Å²) >= 11 is 0. The molecule has 0 saturated heterocycles. The summed E-state index contributed by atoms with van der Waals surface area (Å²) in [6.07, 6.45) is 2.48. The fourth-order valence-corrected chi connectivity index (χ4v) is 1.04. The van der Waals surface area contributed by atoms with Gasteiger partial charge >= 0.3 is 6.09 Å². The van der Waals surface area contributed by atoms with E-state index >= 15 is 0 Å². The van der Waals surface area contributed by atoms with Crippen molar-refractivity contribution >= 4 is 6.09 Å². The highest BCUT2D eigenvalue weighted by atomic mass is 16.5. The molecule has 0 aliphatic heterocycles. The maximum absolute atomic E-state index is 10.2. The van der Waals surface area contributed by atoms with Crippen molar-refractivity contribution < 1.29 is 14.0 Å². The third-order valence-electron chi connectivity index (χ3n) is 1.72. The molecule has 78 valence electrons. The molecule has 4 nitrogen and oxygen atoms in total. The number of nitrogens with zero attached hydrogens (tertiary/aromatic N) is 1. The SMILES string of the molecule is C[N+](C)(C)CCCCCOC(N)=O. The van der Waals surface area contributed by atoms with Crippen LogP contribution in [0.1, 0.15) is 19.3 Å². The van der Waals surface area contributed by atoms with Gasteiger partial charge in [0, 0.05) is 0 Å². The molecule has 0 radical (unpaired) electrons. The van der Waals surface area contributed by atoms with E-state index in [0.717, 1.165) is 30.3 Å². The first-order valence-electron chi connectivity index (χ1n) is 4.64. The predicted octanol–water partition coefficient (Wildman–Crippen LogP) is 0.958. The van der Waals surface area contributed by atoms with Gasteiger partial charge in [-0.15, -0.1) is 0 Å². The molecule has 0 aromatic heterocycles. The Kier molecular flexibility index (Phi) is 5.46. The minimum Gasteiger partial charge on any atom is -0.450 e. The van der Waals surface area contributed by atoms with Crippen molar-refractivity contribution in [1.29, 1.82) is 0 Å². The van der Waals surface area contributed by atoms with Gasteiger partial charge in [0.25, 0.3) is 0 Å². The summed E-state index contributed by atoms with van der Waals surface area (Å²) < 4.78 is 5.59. The maximum atomic E-state index is 10.2. The molecule has 0 unspecified atom stereocenters. The van der Waals surface area contributed by atoms with Crippen LogP contribution in [0.3, 0.4) is 0 Å². The van der Waals surface area contributed by atoms with E-state index < -0.39 is 6.09 Å². The van der Waals surface area contributed by atoms with Crippen LogP contribution in [0.4, 0.5) is 4.79 Å². The summed E-state index contributed by atoms with van der Waals surface area (Å²) in [7, 11) is 6.50. The Balaban J connectivity index is 3.13. The average Bonchev–Trinajstić information content (AvgIpc) is 1.93. The first-order valence-corrected chi connectivity index (χ1v) is 4.64. The highest BCUT2D eigenvalue weighted by molar-refractivity contribution is 5.64. The zero-order valence-corrected chi connectivity index (χ0v) is 8.88. The van der Waals surface area contributed by atoms with E-state index in [1.165, 1.54) is 0 Å². The number of amides is 1. The van der Waals surface area contributed by atoms with Crippen molar-refractivity contribution in [3.8, 4) is 0 Å². The van der Waals surface area contributed by atoms with E-state index in [1.807, 2.05) is 0 Å². The fraction of sp³-hybridized carbons (Fsp3) is 0.889. The average molecular weight is 189 g/mol. The van der Waals surface area contributed by atoms with Gasteiger partial charge in [-0.25, -0.2) is 4.79 Å². The normalized spacial score (nSPS) is 11.3. The Morgan fingerprint density at radius 2 is 1.85 bits per heavy atom. The molecule has 1 amide bonds. The summed E-state index contributed by atoms with van der Waals surface area (Å²) in [5, 5.41) is 0. The number of nitrogens with two attached hydrogens (primary N) is 1. The van der Waals surface area contributed by atoms with Gasteiger partial charge in [-0.05, 0) is 19.3 Å². The zero-order chi connectivity index (χ0) is 10.3. The molecule has 0 aliphatic rings. The van der Waals surface area contributed by atoms with Crippen LogP contribution in [0.5, 0.6) is 0 Å². The summed E-state index contributed by atoms with van der Waals surface area (Å²) in [4.78, 5) is 10.2. The lowest BCUT2D eigenvalue weighted by atomic mass is 10.2. The molecule has 13 heavy (non-hydrogen) atoms. The fourth-order valence-electron chi connectivity index (χ4n) is 1.04. The molecule has 0 spiro atoms. The van der Waals surface area contributed by atoms with E-state index in [4.69, 9.17) is 5.73 Å². The van der Waals surface area contributed by atoms with E-state index in [0.29, 0.717) is 6.61 Å². The number of ether oxygens (including phenoxy) is 1. The second-order valence-corrected chi connectivity index (χ2v) is 4.24. The molecule has 0 aliphatic carbocycles. The van der Waals surface area contributed by atoms with Gasteiger partial charge in [-0.3, -0.25) is 0 Å². The van der Waals surface area contributed by atoms with Gasteiger partial charge in [0.15, 0.2) is 0 Å². The van der Waals surface area contributed by atoms with Crippen molar-refractivity contribution in [1.82, 2.24) is 0 Å². The minimum absolute atomic E-state index is 0.451. The van der Waals surface area contributed by atoms with Crippen molar-refractivity contribution in [2.45, 2.75) is 19.3 Å². The first kappa shape index (κ1) is 12.2. The largest absolute Gasteiger partial charge is 0.450 e. The van der Waals surface area contributed by atoms with Crippen molar-refractivity contribution in [3.05, 3.63) is 0 Å². The maximum Gasteiger partial charge on any atom is 0.404 e. The standard InChI is InChI=1S/C9H20N2O2/c1-11(2,3)7-5-4-6-8-13-9(10)12/h4-8H2,1-3H3,(H-,10,12)/p+1. The Morgan fingerprint density at radius 3 is 2.31 bits per heavy atom. The Labute approximate surface area is 80.2 Å². The number of primary amides is 1. The van der Waals surface area contributed by atoms with E-state index in [2.05, 4.69) is 25.9 Å². The number of quaternary nitrogens is 1. The summed E-state index contributed by atoms with van der Waals surface area (Å²) in [6, 6.07) is 0. The summed E-state index contributed by atoms with van der Waals surface area (Å²) in [5.41, 5.74) is 4.81. The van der Waals surface area contributed by atoms with Crippen molar-refractivity contribution in [3.63, 3.8) is 0 Å². The monoisotopic (exact) mass is 189 g/mol. The van der Waals surface area contributed by atoms with Crippen molar-refractivity contribution in [2.24, 2.45) is 5.73 Å². The minimum atomic E-state index is -0.674. The van der Waals surface area contributed by atoms with Crippen LogP contribution in [0.2, 0.25) is 0 Å². The van der Waals surface area contributed by atoms with Crippen LogP contribution < -0.4 is 5.73 Å². The molecule has 0 atom stereocenters. The second kappa shape index (κ2) is 5.80. The summed E-state index contributed by atoms with van der Waals surface area (Å²) in [6.45, 7) is 1.60. The zero-order valence-electron chi connectivity index (χ0n) is 8.88. The van der Waals surface area contributed by atoms with Crippen molar-refractivity contribution in [2.75, 3.05) is 34.3 Å². The van der Waals surface area contributed by atoms with E-state index in [1.54, 1.807) is 0 Å². The molecule has 0 aromatic carbocycles. The predicted molar refractivity (Wildman–Crippen MR) is 52.3 cm³/mol. The second-order valence-electron chi connectivity index (χ2n) is 4.24. The molecule has 0 aromatic rings. The topological polar surface area (TPSA) is 52.3 Å². The summed E-state index contributed by atoms with van der Waals surface area (Å²) in [5.74, 6) is 0. The van der Waals surface area contributed by atoms with Gasteiger partial charge in [0.2, 0.25) is 0 Å². The van der Waals surface area contributed by atoms with Gasteiger partial charge in [-0.1, -0.05) is 0 Å². The highest BCUT2D eigenvalue weighted by Crippen LogP contribution is 2.00. The molecule has 0 rings (SSSR count). The van der Waals surface area contributed by atoms with Crippen LogP contribution >= 0.6 is 0 Å². The van der Waals surface area contributed by atoms with Crippen LogP contribution in [0.15, 0.2) is 0 Å². The quantitative estimate of drug-likeness (QED) is 0.500. The number of hydrogen-bond acceptors (Lipinski definition) is 2.